The Labute approximate surface area is 186 Å². The summed E-state index contributed by atoms with van der Waals surface area (Å²) in [5.41, 5.74) is 8.90. The molecule has 4 aromatic rings. The zero-order chi connectivity index (χ0) is 22.6. The lowest BCUT2D eigenvalue weighted by Gasteiger charge is -2.17. The average molecular weight is 450 g/mol. The number of benzene rings is 3. The van der Waals surface area contributed by atoms with Gasteiger partial charge in [0, 0.05) is 17.4 Å². The molecule has 0 radical (unpaired) electrons. The Morgan fingerprint density at radius 2 is 1.75 bits per heavy atom. The molecule has 8 heteroatoms. The Morgan fingerprint density at radius 1 is 0.938 bits per heavy atom. The Morgan fingerprint density at radius 3 is 2.44 bits per heavy atom. The van der Waals surface area contributed by atoms with Crippen molar-refractivity contribution in [3.8, 4) is 11.5 Å². The summed E-state index contributed by atoms with van der Waals surface area (Å²) < 4.78 is 36.1. The second-order valence-corrected chi connectivity index (χ2v) is 8.80. The normalized spacial score (nSPS) is 11.3. The highest BCUT2D eigenvalue weighted by atomic mass is 32.2. The standard InChI is InChI=1S/C24H23N3O4S/c25-19-7-4-6-17(13-19)12-18-14-24(32(26,28)29)23(31-20-8-2-1-3-9-20)15-22(18)27-16-21-10-5-11-30-21/h1-11,13-15,27H,12,16,25H2,(H2,26,28,29). The molecule has 32 heavy (non-hydrogen) atoms. The summed E-state index contributed by atoms with van der Waals surface area (Å²) in [5.74, 6) is 1.37. The van der Waals surface area contributed by atoms with Crippen molar-refractivity contribution in [3.63, 3.8) is 0 Å². The number of hydrogen-bond donors (Lipinski definition) is 3. The van der Waals surface area contributed by atoms with E-state index in [1.807, 2.05) is 30.3 Å². The number of para-hydroxylation sites is 1. The highest BCUT2D eigenvalue weighted by Gasteiger charge is 2.20. The zero-order valence-corrected chi connectivity index (χ0v) is 18.0. The molecule has 0 unspecified atom stereocenters. The van der Waals surface area contributed by atoms with Crippen molar-refractivity contribution in [1.29, 1.82) is 0 Å². The van der Waals surface area contributed by atoms with Gasteiger partial charge in [-0.05, 0) is 60.0 Å². The van der Waals surface area contributed by atoms with E-state index >= 15 is 0 Å². The molecular formula is C24H23N3O4S. The van der Waals surface area contributed by atoms with Crippen LogP contribution in [0.3, 0.4) is 0 Å². The molecule has 164 valence electrons. The van der Waals surface area contributed by atoms with Gasteiger partial charge in [-0.2, -0.15) is 0 Å². The Hall–Kier alpha value is -3.75. The van der Waals surface area contributed by atoms with E-state index in [9.17, 15) is 8.42 Å². The van der Waals surface area contributed by atoms with Gasteiger partial charge >= 0.3 is 0 Å². The minimum atomic E-state index is -4.05. The molecule has 1 heterocycles. The smallest absolute Gasteiger partial charge is 0.241 e. The van der Waals surface area contributed by atoms with Crippen LogP contribution in [0.2, 0.25) is 0 Å². The maximum Gasteiger partial charge on any atom is 0.241 e. The first-order chi connectivity index (χ1) is 15.4. The zero-order valence-electron chi connectivity index (χ0n) is 17.2. The van der Waals surface area contributed by atoms with Crippen molar-refractivity contribution < 1.29 is 17.6 Å². The average Bonchev–Trinajstić information content (AvgIpc) is 3.27. The number of ether oxygens (including phenoxy) is 1. The van der Waals surface area contributed by atoms with E-state index < -0.39 is 10.0 Å². The summed E-state index contributed by atoms with van der Waals surface area (Å²) >= 11 is 0. The molecule has 4 rings (SSSR count). The van der Waals surface area contributed by atoms with Crippen LogP contribution in [-0.4, -0.2) is 8.42 Å². The second kappa shape index (κ2) is 9.17. The molecule has 0 aliphatic heterocycles. The molecule has 0 spiro atoms. The molecule has 5 N–H and O–H groups in total. The summed E-state index contributed by atoms with van der Waals surface area (Å²) in [6, 6.07) is 23.2. The highest BCUT2D eigenvalue weighted by molar-refractivity contribution is 7.89. The number of anilines is 2. The fourth-order valence-electron chi connectivity index (χ4n) is 3.35. The molecule has 0 aliphatic carbocycles. The van der Waals surface area contributed by atoms with Crippen molar-refractivity contribution in [3.05, 3.63) is 102 Å². The van der Waals surface area contributed by atoms with E-state index in [0.717, 1.165) is 16.9 Å². The van der Waals surface area contributed by atoms with Gasteiger partial charge in [-0.1, -0.05) is 30.3 Å². The maximum absolute atomic E-state index is 12.4. The quantitative estimate of drug-likeness (QED) is 0.341. The molecule has 0 saturated carbocycles. The molecule has 0 fully saturated rings. The lowest BCUT2D eigenvalue weighted by Crippen LogP contribution is -2.15. The van der Waals surface area contributed by atoms with Crippen LogP contribution in [0.15, 0.2) is 94.4 Å². The van der Waals surface area contributed by atoms with E-state index in [0.29, 0.717) is 30.1 Å². The number of nitrogen functional groups attached to an aromatic ring is 1. The third kappa shape index (κ3) is 5.29. The summed E-state index contributed by atoms with van der Waals surface area (Å²) in [7, 11) is -4.05. The third-order valence-corrected chi connectivity index (χ3v) is 5.76. The minimum Gasteiger partial charge on any atom is -0.467 e. The van der Waals surface area contributed by atoms with Crippen molar-refractivity contribution >= 4 is 21.4 Å². The highest BCUT2D eigenvalue weighted by Crippen LogP contribution is 2.35. The van der Waals surface area contributed by atoms with Gasteiger partial charge in [-0.15, -0.1) is 0 Å². The van der Waals surface area contributed by atoms with E-state index in [1.54, 1.807) is 54.8 Å². The lowest BCUT2D eigenvalue weighted by atomic mass is 10.0. The van der Waals surface area contributed by atoms with E-state index in [-0.39, 0.29) is 10.6 Å². The van der Waals surface area contributed by atoms with Gasteiger partial charge in [-0.25, -0.2) is 13.6 Å². The predicted molar refractivity (Wildman–Crippen MR) is 124 cm³/mol. The Balaban J connectivity index is 1.78. The number of sulfonamides is 1. The van der Waals surface area contributed by atoms with Crippen LogP contribution >= 0.6 is 0 Å². The SMILES string of the molecule is Nc1cccc(Cc2cc(S(N)(=O)=O)c(Oc3ccccc3)cc2NCc2ccco2)c1. The van der Waals surface area contributed by atoms with E-state index in [1.165, 1.54) is 0 Å². The number of furan rings is 1. The molecular weight excluding hydrogens is 426 g/mol. The van der Waals surface area contributed by atoms with Gasteiger partial charge < -0.3 is 20.2 Å². The summed E-state index contributed by atoms with van der Waals surface area (Å²) in [6.45, 7) is 0.413. The van der Waals surface area contributed by atoms with Crippen LogP contribution < -0.4 is 20.9 Å². The summed E-state index contributed by atoms with van der Waals surface area (Å²) in [6.07, 6.45) is 2.04. The van der Waals surface area contributed by atoms with E-state index in [2.05, 4.69) is 5.32 Å². The van der Waals surface area contributed by atoms with Crippen LogP contribution in [0, 0.1) is 0 Å². The molecule has 7 nitrogen and oxygen atoms in total. The van der Waals surface area contributed by atoms with Crippen LogP contribution in [0.5, 0.6) is 11.5 Å². The van der Waals surface area contributed by atoms with Gasteiger partial charge in [-0.3, -0.25) is 0 Å². The van der Waals surface area contributed by atoms with Crippen molar-refractivity contribution in [2.45, 2.75) is 17.9 Å². The molecule has 1 aromatic heterocycles. The number of nitrogens with two attached hydrogens (primary N) is 2. The van der Waals surface area contributed by atoms with Crippen LogP contribution in [-0.2, 0) is 23.0 Å². The van der Waals surface area contributed by atoms with Gasteiger partial charge in [0.2, 0.25) is 10.0 Å². The van der Waals surface area contributed by atoms with E-state index in [4.69, 9.17) is 20.0 Å². The summed E-state index contributed by atoms with van der Waals surface area (Å²) in [5, 5.41) is 8.85. The maximum atomic E-state index is 12.4. The van der Waals surface area contributed by atoms with Crippen molar-refractivity contribution in [2.24, 2.45) is 5.14 Å². The van der Waals surface area contributed by atoms with Crippen LogP contribution in [0.4, 0.5) is 11.4 Å². The Bertz CT molecular complexity index is 1300. The molecule has 0 amide bonds. The fraction of sp³-hybridized carbons (Fsp3) is 0.0833. The fourth-order valence-corrected chi connectivity index (χ4v) is 4.04. The molecule has 0 atom stereocenters. The lowest BCUT2D eigenvalue weighted by molar-refractivity contribution is 0.467. The first kappa shape index (κ1) is 21.5. The number of nitrogens with one attached hydrogen (secondary N) is 1. The minimum absolute atomic E-state index is 0.0937. The Kier molecular flexibility index (Phi) is 6.16. The van der Waals surface area contributed by atoms with Crippen LogP contribution in [0.1, 0.15) is 16.9 Å². The van der Waals surface area contributed by atoms with Crippen LogP contribution in [0.25, 0.3) is 0 Å². The number of primary sulfonamides is 1. The largest absolute Gasteiger partial charge is 0.467 e. The first-order valence-electron chi connectivity index (χ1n) is 9.92. The molecule has 3 aromatic carbocycles. The monoisotopic (exact) mass is 449 g/mol. The predicted octanol–water partition coefficient (Wildman–Crippen LogP) is 4.50. The van der Waals surface area contributed by atoms with Crippen molar-refractivity contribution in [2.75, 3.05) is 11.1 Å². The summed E-state index contributed by atoms with van der Waals surface area (Å²) in [4.78, 5) is -0.0937. The number of hydrogen-bond acceptors (Lipinski definition) is 6. The van der Waals surface area contributed by atoms with Crippen molar-refractivity contribution in [1.82, 2.24) is 0 Å². The van der Waals surface area contributed by atoms with Gasteiger partial charge in [0.25, 0.3) is 0 Å². The van der Waals surface area contributed by atoms with Gasteiger partial charge in [0.1, 0.15) is 22.2 Å². The third-order valence-electron chi connectivity index (χ3n) is 4.83. The second-order valence-electron chi connectivity index (χ2n) is 7.27. The first-order valence-corrected chi connectivity index (χ1v) is 11.5. The molecule has 0 bridgehead atoms. The van der Waals surface area contributed by atoms with Gasteiger partial charge in [0.05, 0.1) is 12.8 Å². The molecule has 0 saturated heterocycles. The topological polar surface area (TPSA) is 121 Å². The van der Waals surface area contributed by atoms with Gasteiger partial charge in [0.15, 0.2) is 0 Å². The molecule has 0 aliphatic rings. The number of rotatable bonds is 8.